The van der Waals surface area contributed by atoms with E-state index in [4.69, 9.17) is 9.26 Å². The molecule has 0 unspecified atom stereocenters. The molecule has 1 amide bonds. The lowest BCUT2D eigenvalue weighted by Crippen LogP contribution is -2.42. The van der Waals surface area contributed by atoms with E-state index in [0.717, 1.165) is 0 Å². The Morgan fingerprint density at radius 3 is 2.97 bits per heavy atom. The summed E-state index contributed by atoms with van der Waals surface area (Å²) in [6.45, 7) is 2.96. The van der Waals surface area contributed by atoms with E-state index >= 15 is 0 Å². The second kappa shape index (κ2) is 8.44. The van der Waals surface area contributed by atoms with Crippen molar-refractivity contribution in [2.24, 2.45) is 0 Å². The lowest BCUT2D eigenvalue weighted by atomic mass is 10.0. The average molecular weight is 397 g/mol. The summed E-state index contributed by atoms with van der Waals surface area (Å²) >= 11 is 0. The summed E-state index contributed by atoms with van der Waals surface area (Å²) in [7, 11) is 0. The number of aryl methyl sites for hydroxylation is 2. The van der Waals surface area contributed by atoms with Gasteiger partial charge >= 0.3 is 0 Å². The highest BCUT2D eigenvalue weighted by Crippen LogP contribution is 2.29. The first kappa shape index (κ1) is 19.1. The number of hydrogen-bond donors (Lipinski definition) is 0. The number of carbonyl (C=O) groups excluding carboxylic acids is 1. The van der Waals surface area contributed by atoms with Crippen LogP contribution in [0.25, 0.3) is 11.3 Å². The Kier molecular flexibility index (Phi) is 5.57. The van der Waals surface area contributed by atoms with Gasteiger partial charge < -0.3 is 14.2 Å². The van der Waals surface area contributed by atoms with Crippen molar-refractivity contribution >= 4 is 5.91 Å². The van der Waals surface area contributed by atoms with Crippen molar-refractivity contribution in [3.63, 3.8) is 0 Å². The van der Waals surface area contributed by atoms with E-state index in [1.807, 2.05) is 0 Å². The van der Waals surface area contributed by atoms with Gasteiger partial charge in [0.1, 0.15) is 11.9 Å². The topological polar surface area (TPSA) is 94.2 Å². The standard InChI is InChI=1S/C20H20FN5O3/c1-13-24-17(29-25-13)5-6-18(27)26-9-10-28-16(12-26)20-19(22-7-8-23-20)14-3-2-4-15(21)11-14/h2-4,7-8,11,16H,5-6,9-10,12H2,1H3/t16-/m0/s1. The van der Waals surface area contributed by atoms with Crippen molar-refractivity contribution < 1.29 is 18.4 Å². The molecule has 1 fully saturated rings. The molecule has 3 aromatic rings. The SMILES string of the molecule is Cc1noc(CCC(=O)N2CCO[C@H](c3nccnc3-c3cccc(F)c3)C2)n1. The number of amides is 1. The molecule has 8 nitrogen and oxygen atoms in total. The lowest BCUT2D eigenvalue weighted by Gasteiger charge is -2.33. The molecule has 1 aliphatic heterocycles. The van der Waals surface area contributed by atoms with Gasteiger partial charge in [-0.05, 0) is 19.1 Å². The fourth-order valence-corrected chi connectivity index (χ4v) is 3.30. The Balaban J connectivity index is 1.48. The predicted octanol–water partition coefficient (Wildman–Crippen LogP) is 2.51. The van der Waals surface area contributed by atoms with Crippen LogP contribution in [0.5, 0.6) is 0 Å². The molecule has 0 aliphatic carbocycles. The molecule has 150 valence electrons. The molecule has 2 aromatic heterocycles. The van der Waals surface area contributed by atoms with Crippen molar-refractivity contribution in [3.05, 3.63) is 59.9 Å². The predicted molar refractivity (Wildman–Crippen MR) is 100 cm³/mol. The average Bonchev–Trinajstić information content (AvgIpc) is 3.17. The maximum absolute atomic E-state index is 13.7. The minimum absolute atomic E-state index is 0.0228. The molecule has 1 aromatic carbocycles. The third-order valence-electron chi connectivity index (χ3n) is 4.67. The molecule has 0 N–H and O–H groups in total. The van der Waals surface area contributed by atoms with Crippen LogP contribution < -0.4 is 0 Å². The quantitative estimate of drug-likeness (QED) is 0.653. The van der Waals surface area contributed by atoms with E-state index in [9.17, 15) is 9.18 Å². The number of ether oxygens (including phenoxy) is 1. The number of morpholine rings is 1. The Morgan fingerprint density at radius 1 is 1.31 bits per heavy atom. The van der Waals surface area contributed by atoms with Crippen LogP contribution in [0, 0.1) is 12.7 Å². The molecule has 4 rings (SSSR count). The van der Waals surface area contributed by atoms with Crippen molar-refractivity contribution in [2.45, 2.75) is 25.9 Å². The minimum atomic E-state index is -0.440. The molecule has 0 radical (unpaired) electrons. The van der Waals surface area contributed by atoms with Crippen LogP contribution in [-0.2, 0) is 16.0 Å². The van der Waals surface area contributed by atoms with E-state index in [1.165, 1.54) is 12.1 Å². The summed E-state index contributed by atoms with van der Waals surface area (Å²) in [5.74, 6) is 0.622. The van der Waals surface area contributed by atoms with Gasteiger partial charge in [0.05, 0.1) is 24.5 Å². The van der Waals surface area contributed by atoms with Crippen molar-refractivity contribution in [3.8, 4) is 11.3 Å². The van der Waals surface area contributed by atoms with Crippen LogP contribution in [0.1, 0.15) is 29.9 Å². The molecular weight excluding hydrogens is 377 g/mol. The molecule has 3 heterocycles. The highest BCUT2D eigenvalue weighted by Gasteiger charge is 2.28. The zero-order valence-corrected chi connectivity index (χ0v) is 15.9. The third-order valence-corrected chi connectivity index (χ3v) is 4.67. The molecule has 0 spiro atoms. The van der Waals surface area contributed by atoms with E-state index in [0.29, 0.717) is 54.8 Å². The first-order valence-electron chi connectivity index (χ1n) is 9.35. The van der Waals surface area contributed by atoms with Gasteiger partial charge in [0.25, 0.3) is 0 Å². The van der Waals surface area contributed by atoms with Gasteiger partial charge in [-0.1, -0.05) is 17.3 Å². The van der Waals surface area contributed by atoms with Gasteiger partial charge in [0.15, 0.2) is 5.82 Å². The van der Waals surface area contributed by atoms with Crippen molar-refractivity contribution in [1.29, 1.82) is 0 Å². The summed E-state index contributed by atoms with van der Waals surface area (Å²) in [5, 5.41) is 3.73. The fraction of sp³-hybridized carbons (Fsp3) is 0.350. The van der Waals surface area contributed by atoms with Gasteiger partial charge in [-0.15, -0.1) is 0 Å². The van der Waals surface area contributed by atoms with Gasteiger partial charge in [-0.2, -0.15) is 4.98 Å². The molecule has 1 atom stereocenters. The lowest BCUT2D eigenvalue weighted by molar-refractivity contribution is -0.139. The molecule has 0 saturated carbocycles. The number of hydrogen-bond acceptors (Lipinski definition) is 7. The van der Waals surface area contributed by atoms with Crippen LogP contribution in [0.4, 0.5) is 4.39 Å². The van der Waals surface area contributed by atoms with E-state index in [1.54, 1.807) is 36.4 Å². The smallest absolute Gasteiger partial charge is 0.227 e. The summed E-state index contributed by atoms with van der Waals surface area (Å²) in [6, 6.07) is 6.18. The van der Waals surface area contributed by atoms with Crippen molar-refractivity contribution in [2.75, 3.05) is 19.7 Å². The maximum atomic E-state index is 13.7. The van der Waals surface area contributed by atoms with Crippen molar-refractivity contribution in [1.82, 2.24) is 25.0 Å². The largest absolute Gasteiger partial charge is 0.368 e. The minimum Gasteiger partial charge on any atom is -0.368 e. The summed E-state index contributed by atoms with van der Waals surface area (Å²) in [6.07, 6.45) is 3.35. The zero-order valence-electron chi connectivity index (χ0n) is 15.9. The van der Waals surface area contributed by atoms with Gasteiger partial charge in [-0.25, -0.2) is 4.39 Å². The number of halogens is 1. The number of rotatable bonds is 5. The number of carbonyl (C=O) groups is 1. The first-order valence-corrected chi connectivity index (χ1v) is 9.35. The number of benzene rings is 1. The Labute approximate surface area is 166 Å². The first-order chi connectivity index (χ1) is 14.1. The molecule has 0 bridgehead atoms. The molecule has 1 saturated heterocycles. The molecule has 29 heavy (non-hydrogen) atoms. The van der Waals surface area contributed by atoms with E-state index in [2.05, 4.69) is 20.1 Å². The monoisotopic (exact) mass is 397 g/mol. The molecule has 1 aliphatic rings. The van der Waals surface area contributed by atoms with Gasteiger partial charge in [0.2, 0.25) is 11.8 Å². The van der Waals surface area contributed by atoms with Gasteiger partial charge in [0, 0.05) is 37.3 Å². The molecule has 9 heteroatoms. The van der Waals surface area contributed by atoms with Crippen LogP contribution in [0.3, 0.4) is 0 Å². The van der Waals surface area contributed by atoms with E-state index < -0.39 is 6.10 Å². The summed E-state index contributed by atoms with van der Waals surface area (Å²) in [4.78, 5) is 27.3. The zero-order chi connectivity index (χ0) is 20.2. The highest BCUT2D eigenvalue weighted by molar-refractivity contribution is 5.76. The van der Waals surface area contributed by atoms with E-state index in [-0.39, 0.29) is 18.1 Å². The second-order valence-electron chi connectivity index (χ2n) is 6.74. The van der Waals surface area contributed by atoms with Crippen LogP contribution >= 0.6 is 0 Å². The second-order valence-corrected chi connectivity index (χ2v) is 6.74. The Morgan fingerprint density at radius 2 is 2.17 bits per heavy atom. The Bertz CT molecular complexity index is 1010. The normalized spacial score (nSPS) is 16.8. The number of nitrogens with zero attached hydrogens (tertiary/aromatic N) is 5. The van der Waals surface area contributed by atoms with Crippen LogP contribution in [-0.4, -0.2) is 50.6 Å². The fourth-order valence-electron chi connectivity index (χ4n) is 3.30. The number of aromatic nitrogens is 4. The molecular formula is C20H20FN5O3. The third kappa shape index (κ3) is 4.45. The Hall–Kier alpha value is -3.20. The summed E-state index contributed by atoms with van der Waals surface area (Å²) < 4.78 is 24.6. The van der Waals surface area contributed by atoms with Crippen LogP contribution in [0.15, 0.2) is 41.2 Å². The van der Waals surface area contributed by atoms with Gasteiger partial charge in [-0.3, -0.25) is 14.8 Å². The summed E-state index contributed by atoms with van der Waals surface area (Å²) in [5.41, 5.74) is 1.75. The maximum Gasteiger partial charge on any atom is 0.227 e. The highest BCUT2D eigenvalue weighted by atomic mass is 19.1. The van der Waals surface area contributed by atoms with Crippen LogP contribution in [0.2, 0.25) is 0 Å².